The van der Waals surface area contributed by atoms with Gasteiger partial charge in [0, 0.05) is 5.92 Å². The molecular formula is C16H17N. The summed E-state index contributed by atoms with van der Waals surface area (Å²) in [5.41, 5.74) is 5.82. The van der Waals surface area contributed by atoms with Crippen LogP contribution in [0.3, 0.4) is 0 Å². The van der Waals surface area contributed by atoms with E-state index in [1.807, 2.05) is 7.05 Å². The maximum atomic E-state index is 3.26. The van der Waals surface area contributed by atoms with E-state index in [1.165, 1.54) is 28.7 Å². The average molecular weight is 223 g/mol. The zero-order valence-corrected chi connectivity index (χ0v) is 10.1. The summed E-state index contributed by atoms with van der Waals surface area (Å²) in [5, 5.41) is 3.26. The molecule has 0 saturated heterocycles. The molecule has 3 rings (SSSR count). The molecule has 17 heavy (non-hydrogen) atoms. The second kappa shape index (κ2) is 4.34. The highest BCUT2D eigenvalue weighted by Crippen LogP contribution is 2.45. The van der Waals surface area contributed by atoms with Crippen LogP contribution >= 0.6 is 0 Å². The largest absolute Gasteiger partial charge is 0.320 e. The topological polar surface area (TPSA) is 12.0 Å². The first-order valence-electron chi connectivity index (χ1n) is 6.24. The second-order valence-electron chi connectivity index (χ2n) is 4.62. The predicted molar refractivity (Wildman–Crippen MR) is 72.3 cm³/mol. The maximum Gasteiger partial charge on any atom is 0.0114 e. The van der Waals surface area contributed by atoms with Crippen LogP contribution in [-0.2, 0) is 0 Å². The molecule has 86 valence electrons. The van der Waals surface area contributed by atoms with E-state index in [2.05, 4.69) is 53.8 Å². The summed E-state index contributed by atoms with van der Waals surface area (Å²) >= 11 is 0. The quantitative estimate of drug-likeness (QED) is 0.840. The molecule has 0 spiro atoms. The predicted octanol–water partition coefficient (Wildman–Crippen LogP) is 3.41. The van der Waals surface area contributed by atoms with Gasteiger partial charge in [-0.05, 0) is 42.3 Å². The van der Waals surface area contributed by atoms with E-state index in [0.717, 1.165) is 6.54 Å². The summed E-state index contributed by atoms with van der Waals surface area (Å²) in [5.74, 6) is 0.565. The molecule has 0 aromatic heterocycles. The van der Waals surface area contributed by atoms with E-state index in [4.69, 9.17) is 0 Å². The van der Waals surface area contributed by atoms with Crippen molar-refractivity contribution in [3.8, 4) is 11.1 Å². The SMILES string of the molecule is CNCCC1c2ccccc2-c2ccccc21. The van der Waals surface area contributed by atoms with Crippen LogP contribution < -0.4 is 5.32 Å². The fourth-order valence-corrected chi connectivity index (χ4v) is 2.86. The lowest BCUT2D eigenvalue weighted by molar-refractivity contribution is 0.670. The van der Waals surface area contributed by atoms with E-state index in [-0.39, 0.29) is 0 Å². The summed E-state index contributed by atoms with van der Waals surface area (Å²) in [4.78, 5) is 0. The minimum atomic E-state index is 0.565. The number of fused-ring (bicyclic) bond motifs is 3. The van der Waals surface area contributed by atoms with Gasteiger partial charge >= 0.3 is 0 Å². The minimum Gasteiger partial charge on any atom is -0.320 e. The number of hydrogen-bond acceptors (Lipinski definition) is 1. The molecule has 0 atom stereocenters. The Hall–Kier alpha value is -1.60. The molecule has 0 aliphatic heterocycles. The van der Waals surface area contributed by atoms with Gasteiger partial charge in [-0.15, -0.1) is 0 Å². The average Bonchev–Trinajstić information content (AvgIpc) is 2.71. The van der Waals surface area contributed by atoms with Crippen LogP contribution in [0.15, 0.2) is 48.5 Å². The van der Waals surface area contributed by atoms with Crippen LogP contribution in [0.2, 0.25) is 0 Å². The third kappa shape index (κ3) is 1.67. The number of nitrogens with one attached hydrogen (secondary N) is 1. The highest BCUT2D eigenvalue weighted by Gasteiger charge is 2.26. The van der Waals surface area contributed by atoms with Crippen LogP contribution in [0, 0.1) is 0 Å². The lowest BCUT2D eigenvalue weighted by atomic mass is 9.94. The highest BCUT2D eigenvalue weighted by molar-refractivity contribution is 5.78. The molecule has 0 unspecified atom stereocenters. The normalized spacial score (nSPS) is 13.5. The Balaban J connectivity index is 2.10. The molecule has 0 bridgehead atoms. The smallest absolute Gasteiger partial charge is 0.0114 e. The number of benzene rings is 2. The van der Waals surface area contributed by atoms with E-state index in [1.54, 1.807) is 0 Å². The monoisotopic (exact) mass is 223 g/mol. The Morgan fingerprint density at radius 1 is 0.882 bits per heavy atom. The Labute approximate surface area is 102 Å². The van der Waals surface area contributed by atoms with Crippen molar-refractivity contribution >= 4 is 0 Å². The van der Waals surface area contributed by atoms with E-state index in [9.17, 15) is 0 Å². The lowest BCUT2D eigenvalue weighted by Gasteiger charge is -2.12. The lowest BCUT2D eigenvalue weighted by Crippen LogP contribution is -2.11. The van der Waals surface area contributed by atoms with Gasteiger partial charge in [0.05, 0.1) is 0 Å². The van der Waals surface area contributed by atoms with Crippen molar-refractivity contribution in [3.05, 3.63) is 59.7 Å². The van der Waals surface area contributed by atoms with Gasteiger partial charge < -0.3 is 5.32 Å². The first-order valence-corrected chi connectivity index (χ1v) is 6.24. The Morgan fingerprint density at radius 3 is 1.94 bits per heavy atom. The van der Waals surface area contributed by atoms with Crippen LogP contribution in [-0.4, -0.2) is 13.6 Å². The summed E-state index contributed by atoms with van der Waals surface area (Å²) in [6.07, 6.45) is 1.17. The summed E-state index contributed by atoms with van der Waals surface area (Å²) in [7, 11) is 2.02. The first-order chi connectivity index (χ1) is 8.42. The van der Waals surface area contributed by atoms with Gasteiger partial charge in [-0.25, -0.2) is 0 Å². The molecule has 2 aromatic carbocycles. The molecular weight excluding hydrogens is 206 g/mol. The molecule has 1 nitrogen and oxygen atoms in total. The van der Waals surface area contributed by atoms with Crippen molar-refractivity contribution in [2.45, 2.75) is 12.3 Å². The van der Waals surface area contributed by atoms with E-state index < -0.39 is 0 Å². The molecule has 1 aliphatic carbocycles. The second-order valence-corrected chi connectivity index (χ2v) is 4.62. The third-order valence-electron chi connectivity index (χ3n) is 3.65. The van der Waals surface area contributed by atoms with Crippen LogP contribution in [0.4, 0.5) is 0 Å². The van der Waals surface area contributed by atoms with Crippen LogP contribution in [0.25, 0.3) is 11.1 Å². The number of hydrogen-bond donors (Lipinski definition) is 1. The van der Waals surface area contributed by atoms with Gasteiger partial charge in [0.15, 0.2) is 0 Å². The van der Waals surface area contributed by atoms with Crippen molar-refractivity contribution in [3.63, 3.8) is 0 Å². The minimum absolute atomic E-state index is 0.565. The fourth-order valence-electron chi connectivity index (χ4n) is 2.86. The van der Waals surface area contributed by atoms with Gasteiger partial charge in [-0.2, -0.15) is 0 Å². The first kappa shape index (κ1) is 10.5. The van der Waals surface area contributed by atoms with Crippen LogP contribution in [0.1, 0.15) is 23.5 Å². The molecule has 1 heteroatoms. The van der Waals surface area contributed by atoms with Crippen molar-refractivity contribution in [1.29, 1.82) is 0 Å². The van der Waals surface area contributed by atoms with Crippen molar-refractivity contribution in [1.82, 2.24) is 5.32 Å². The van der Waals surface area contributed by atoms with Gasteiger partial charge in [-0.1, -0.05) is 48.5 Å². The zero-order valence-electron chi connectivity index (χ0n) is 10.1. The Bertz CT molecular complexity index is 485. The molecule has 0 saturated carbocycles. The summed E-state index contributed by atoms with van der Waals surface area (Å²) in [6.45, 7) is 1.06. The van der Waals surface area contributed by atoms with Crippen LogP contribution in [0.5, 0.6) is 0 Å². The zero-order chi connectivity index (χ0) is 11.7. The third-order valence-corrected chi connectivity index (χ3v) is 3.65. The van der Waals surface area contributed by atoms with Crippen molar-refractivity contribution < 1.29 is 0 Å². The molecule has 0 heterocycles. The Kier molecular flexibility index (Phi) is 2.69. The van der Waals surface area contributed by atoms with Gasteiger partial charge in [0.2, 0.25) is 0 Å². The van der Waals surface area contributed by atoms with E-state index in [0.29, 0.717) is 5.92 Å². The standard InChI is InChI=1S/C16H17N/c1-17-11-10-16-14-8-4-2-6-12(14)13-7-3-5-9-15(13)16/h2-9,16-17H,10-11H2,1H3. The van der Waals surface area contributed by atoms with Gasteiger partial charge in [0.1, 0.15) is 0 Å². The highest BCUT2D eigenvalue weighted by atomic mass is 14.8. The van der Waals surface area contributed by atoms with Gasteiger partial charge in [0.25, 0.3) is 0 Å². The molecule has 1 aliphatic rings. The molecule has 0 fully saturated rings. The molecule has 0 radical (unpaired) electrons. The molecule has 1 N–H and O–H groups in total. The maximum absolute atomic E-state index is 3.26. The van der Waals surface area contributed by atoms with Crippen molar-refractivity contribution in [2.24, 2.45) is 0 Å². The summed E-state index contributed by atoms with van der Waals surface area (Å²) in [6, 6.07) is 17.6. The number of rotatable bonds is 3. The van der Waals surface area contributed by atoms with Crippen molar-refractivity contribution in [2.75, 3.05) is 13.6 Å². The summed E-state index contributed by atoms with van der Waals surface area (Å²) < 4.78 is 0. The molecule has 2 aromatic rings. The van der Waals surface area contributed by atoms with Gasteiger partial charge in [-0.3, -0.25) is 0 Å². The fraction of sp³-hybridized carbons (Fsp3) is 0.250. The molecule has 0 amide bonds. The Morgan fingerprint density at radius 2 is 1.41 bits per heavy atom. The van der Waals surface area contributed by atoms with E-state index >= 15 is 0 Å².